The van der Waals surface area contributed by atoms with E-state index in [9.17, 15) is 0 Å². The number of aromatic nitrogens is 2. The largest absolute Gasteiger partial charge is 0.390 e. The Morgan fingerprint density at radius 1 is 1.32 bits per heavy atom. The third-order valence-electron chi connectivity index (χ3n) is 2.84. The predicted molar refractivity (Wildman–Crippen MR) is 76.0 cm³/mol. The number of benzene rings is 1. The van der Waals surface area contributed by atoms with Crippen LogP contribution in [0.2, 0.25) is 0 Å². The maximum Gasteiger partial charge on any atom is 0.260 e. The van der Waals surface area contributed by atoms with Crippen molar-refractivity contribution in [3.8, 4) is 11.5 Å². The standard InChI is InChI=1S/C14H13N3OS/c1-9-3-2-4-10(7-9)8-12-16-14(18-17-12)11-5-6-19-13(11)15/h2-7H,8,15H2,1H3. The first-order chi connectivity index (χ1) is 9.22. The van der Waals surface area contributed by atoms with Gasteiger partial charge in [-0.15, -0.1) is 11.3 Å². The summed E-state index contributed by atoms with van der Waals surface area (Å²) in [5, 5.41) is 6.61. The molecule has 2 heterocycles. The van der Waals surface area contributed by atoms with Gasteiger partial charge in [0.25, 0.3) is 5.89 Å². The first kappa shape index (κ1) is 11.9. The molecule has 0 aliphatic carbocycles. The van der Waals surface area contributed by atoms with Crippen molar-refractivity contribution >= 4 is 16.3 Å². The zero-order chi connectivity index (χ0) is 13.2. The third-order valence-corrected chi connectivity index (χ3v) is 3.58. The van der Waals surface area contributed by atoms with Gasteiger partial charge >= 0.3 is 0 Å². The SMILES string of the molecule is Cc1cccc(Cc2noc(-c3ccsc3N)n2)c1. The van der Waals surface area contributed by atoms with Crippen molar-refractivity contribution in [2.45, 2.75) is 13.3 Å². The van der Waals surface area contributed by atoms with Crippen molar-refractivity contribution in [3.05, 3.63) is 52.7 Å². The lowest BCUT2D eigenvalue weighted by molar-refractivity contribution is 0.424. The van der Waals surface area contributed by atoms with Crippen LogP contribution < -0.4 is 5.73 Å². The Morgan fingerprint density at radius 2 is 2.21 bits per heavy atom. The molecule has 0 aliphatic rings. The first-order valence-corrected chi connectivity index (χ1v) is 6.82. The Hall–Kier alpha value is -2.14. The van der Waals surface area contributed by atoms with Gasteiger partial charge in [-0.25, -0.2) is 0 Å². The number of rotatable bonds is 3. The number of hydrogen-bond donors (Lipinski definition) is 1. The number of nitrogens with zero attached hydrogens (tertiary/aromatic N) is 2. The van der Waals surface area contributed by atoms with Crippen LogP contribution in [0, 0.1) is 6.92 Å². The molecule has 0 bridgehead atoms. The van der Waals surface area contributed by atoms with E-state index in [-0.39, 0.29) is 0 Å². The Balaban J connectivity index is 1.84. The monoisotopic (exact) mass is 271 g/mol. The molecule has 0 amide bonds. The van der Waals surface area contributed by atoms with E-state index in [1.54, 1.807) is 0 Å². The molecular weight excluding hydrogens is 258 g/mol. The minimum atomic E-state index is 0.487. The van der Waals surface area contributed by atoms with E-state index >= 15 is 0 Å². The third kappa shape index (κ3) is 2.51. The van der Waals surface area contributed by atoms with Gasteiger partial charge in [0.15, 0.2) is 5.82 Å². The lowest BCUT2D eigenvalue weighted by Gasteiger charge is -1.97. The number of anilines is 1. The second kappa shape index (κ2) is 4.85. The van der Waals surface area contributed by atoms with Crippen LogP contribution in [0.5, 0.6) is 0 Å². The number of nitrogens with two attached hydrogens (primary N) is 1. The van der Waals surface area contributed by atoms with Crippen molar-refractivity contribution in [1.82, 2.24) is 10.1 Å². The Morgan fingerprint density at radius 3 is 2.95 bits per heavy atom. The summed E-state index contributed by atoms with van der Waals surface area (Å²) < 4.78 is 5.26. The molecule has 0 radical (unpaired) electrons. The van der Waals surface area contributed by atoms with Gasteiger partial charge in [-0.1, -0.05) is 35.0 Å². The lowest BCUT2D eigenvalue weighted by atomic mass is 10.1. The lowest BCUT2D eigenvalue weighted by Crippen LogP contribution is -1.91. The molecule has 3 aromatic rings. The van der Waals surface area contributed by atoms with Gasteiger partial charge in [0.05, 0.1) is 10.6 Å². The molecule has 96 valence electrons. The number of hydrogen-bond acceptors (Lipinski definition) is 5. The molecule has 2 N–H and O–H groups in total. The summed E-state index contributed by atoms with van der Waals surface area (Å²) in [5.41, 5.74) is 9.06. The molecule has 0 spiro atoms. The highest BCUT2D eigenvalue weighted by molar-refractivity contribution is 7.14. The van der Waals surface area contributed by atoms with Gasteiger partial charge < -0.3 is 10.3 Å². The predicted octanol–water partition coefficient (Wildman–Crippen LogP) is 3.28. The van der Waals surface area contributed by atoms with Gasteiger partial charge in [0.2, 0.25) is 0 Å². The molecular formula is C14H13N3OS. The first-order valence-electron chi connectivity index (χ1n) is 5.94. The van der Waals surface area contributed by atoms with E-state index in [0.717, 1.165) is 5.56 Å². The van der Waals surface area contributed by atoms with Crippen molar-refractivity contribution in [2.24, 2.45) is 0 Å². The maximum atomic E-state index is 5.85. The summed E-state index contributed by atoms with van der Waals surface area (Å²) in [6.07, 6.45) is 0.662. The highest BCUT2D eigenvalue weighted by Crippen LogP contribution is 2.29. The van der Waals surface area contributed by atoms with E-state index in [2.05, 4.69) is 35.3 Å². The average Bonchev–Trinajstić information content (AvgIpc) is 2.98. The van der Waals surface area contributed by atoms with E-state index in [1.807, 2.05) is 17.5 Å². The van der Waals surface area contributed by atoms with Crippen molar-refractivity contribution in [1.29, 1.82) is 0 Å². The second-order valence-corrected chi connectivity index (χ2v) is 5.33. The smallest absolute Gasteiger partial charge is 0.260 e. The van der Waals surface area contributed by atoms with E-state index < -0.39 is 0 Å². The van der Waals surface area contributed by atoms with Crippen LogP contribution >= 0.6 is 11.3 Å². The van der Waals surface area contributed by atoms with Crippen molar-refractivity contribution in [3.63, 3.8) is 0 Å². The molecule has 0 aliphatic heterocycles. The molecule has 0 unspecified atom stereocenters. The molecule has 2 aromatic heterocycles. The number of aryl methyl sites for hydroxylation is 1. The Kier molecular flexibility index (Phi) is 3.05. The molecule has 0 saturated heterocycles. The Bertz CT molecular complexity index is 702. The van der Waals surface area contributed by atoms with E-state index in [4.69, 9.17) is 10.3 Å². The summed E-state index contributed by atoms with van der Waals surface area (Å²) in [5.74, 6) is 1.16. The molecule has 3 rings (SSSR count). The van der Waals surface area contributed by atoms with Gasteiger partial charge in [0.1, 0.15) is 0 Å². The fourth-order valence-electron chi connectivity index (χ4n) is 1.94. The van der Waals surface area contributed by atoms with Crippen LogP contribution in [0.25, 0.3) is 11.5 Å². The molecule has 0 fully saturated rings. The molecule has 19 heavy (non-hydrogen) atoms. The van der Waals surface area contributed by atoms with Crippen LogP contribution in [-0.2, 0) is 6.42 Å². The van der Waals surface area contributed by atoms with Gasteiger partial charge in [-0.2, -0.15) is 4.98 Å². The summed E-state index contributed by atoms with van der Waals surface area (Å²) in [4.78, 5) is 4.39. The van der Waals surface area contributed by atoms with E-state index in [0.29, 0.717) is 23.1 Å². The van der Waals surface area contributed by atoms with E-state index in [1.165, 1.54) is 22.5 Å². The fourth-order valence-corrected chi connectivity index (χ4v) is 2.57. The van der Waals surface area contributed by atoms with Gasteiger partial charge in [-0.05, 0) is 23.9 Å². The fraction of sp³-hybridized carbons (Fsp3) is 0.143. The van der Waals surface area contributed by atoms with Crippen LogP contribution in [0.3, 0.4) is 0 Å². The average molecular weight is 271 g/mol. The number of nitrogen functional groups attached to an aromatic ring is 1. The summed E-state index contributed by atoms with van der Waals surface area (Å²) in [6, 6.07) is 10.2. The van der Waals surface area contributed by atoms with Gasteiger partial charge in [0, 0.05) is 6.42 Å². The van der Waals surface area contributed by atoms with Gasteiger partial charge in [-0.3, -0.25) is 0 Å². The Labute approximate surface area is 114 Å². The van der Waals surface area contributed by atoms with Crippen LogP contribution in [0.15, 0.2) is 40.2 Å². The van der Waals surface area contributed by atoms with Crippen LogP contribution in [-0.4, -0.2) is 10.1 Å². The zero-order valence-electron chi connectivity index (χ0n) is 10.5. The van der Waals surface area contributed by atoms with Crippen LogP contribution in [0.1, 0.15) is 17.0 Å². The highest BCUT2D eigenvalue weighted by Gasteiger charge is 2.12. The van der Waals surface area contributed by atoms with Crippen molar-refractivity contribution < 1.29 is 4.52 Å². The molecule has 5 heteroatoms. The highest BCUT2D eigenvalue weighted by atomic mass is 32.1. The molecule has 4 nitrogen and oxygen atoms in total. The minimum absolute atomic E-state index is 0.487. The molecule has 0 saturated carbocycles. The summed E-state index contributed by atoms with van der Waals surface area (Å²) in [7, 11) is 0. The van der Waals surface area contributed by atoms with Crippen molar-refractivity contribution in [2.75, 3.05) is 5.73 Å². The molecule has 1 aromatic carbocycles. The zero-order valence-corrected chi connectivity index (χ0v) is 11.3. The second-order valence-electron chi connectivity index (χ2n) is 4.38. The quantitative estimate of drug-likeness (QED) is 0.794. The normalized spacial score (nSPS) is 10.8. The topological polar surface area (TPSA) is 64.9 Å². The summed E-state index contributed by atoms with van der Waals surface area (Å²) in [6.45, 7) is 2.07. The minimum Gasteiger partial charge on any atom is -0.390 e. The molecule has 0 atom stereocenters. The summed E-state index contributed by atoms with van der Waals surface area (Å²) >= 11 is 1.46. The maximum absolute atomic E-state index is 5.85. The van der Waals surface area contributed by atoms with Crippen LogP contribution in [0.4, 0.5) is 5.00 Å². The number of thiophene rings is 1.